The smallest absolute Gasteiger partial charge is 0.119 e. The number of phenols is 1. The van der Waals surface area contributed by atoms with Crippen LogP contribution < -0.4 is 0 Å². The van der Waals surface area contributed by atoms with E-state index in [0.717, 1.165) is 37.1 Å². The molecule has 0 radical (unpaired) electrons. The number of aromatic nitrogens is 2. The zero-order valence-corrected chi connectivity index (χ0v) is 10.1. The summed E-state index contributed by atoms with van der Waals surface area (Å²) >= 11 is 0. The fraction of sp³-hybridized carbons (Fsp3) is 0.357. The topological polar surface area (TPSA) is 38.0 Å². The van der Waals surface area contributed by atoms with Crippen molar-refractivity contribution in [2.24, 2.45) is 0 Å². The molecule has 3 heteroatoms. The van der Waals surface area contributed by atoms with Gasteiger partial charge in [-0.25, -0.2) is 0 Å². The van der Waals surface area contributed by atoms with Crippen molar-refractivity contribution >= 4 is 0 Å². The second-order valence-electron chi connectivity index (χ2n) is 4.20. The van der Waals surface area contributed by atoms with Crippen LogP contribution in [0.2, 0.25) is 0 Å². The van der Waals surface area contributed by atoms with E-state index >= 15 is 0 Å². The predicted molar refractivity (Wildman–Crippen MR) is 68.0 cm³/mol. The fourth-order valence-corrected chi connectivity index (χ4v) is 1.87. The lowest BCUT2D eigenvalue weighted by Crippen LogP contribution is -2.05. The van der Waals surface area contributed by atoms with Gasteiger partial charge in [0.1, 0.15) is 5.75 Å². The molecule has 1 aromatic heterocycles. The van der Waals surface area contributed by atoms with E-state index in [1.54, 1.807) is 6.07 Å². The van der Waals surface area contributed by atoms with Gasteiger partial charge < -0.3 is 5.11 Å². The van der Waals surface area contributed by atoms with Crippen LogP contribution in [0.25, 0.3) is 0 Å². The van der Waals surface area contributed by atoms with Gasteiger partial charge in [0, 0.05) is 24.9 Å². The lowest BCUT2D eigenvalue weighted by Gasteiger charge is -2.08. The summed E-state index contributed by atoms with van der Waals surface area (Å²) in [5, 5.41) is 14.1. The lowest BCUT2D eigenvalue weighted by molar-refractivity contribution is 0.468. The van der Waals surface area contributed by atoms with E-state index in [-0.39, 0.29) is 0 Å². The number of benzene rings is 1. The largest absolute Gasteiger partial charge is 0.508 e. The Labute approximate surface area is 102 Å². The van der Waals surface area contributed by atoms with Crippen molar-refractivity contribution in [3.05, 3.63) is 47.8 Å². The van der Waals surface area contributed by atoms with E-state index in [2.05, 4.69) is 12.0 Å². The molecule has 3 nitrogen and oxygen atoms in total. The zero-order valence-electron chi connectivity index (χ0n) is 10.1. The second-order valence-corrected chi connectivity index (χ2v) is 4.20. The summed E-state index contributed by atoms with van der Waals surface area (Å²) in [7, 11) is 0. The molecule has 90 valence electrons. The first-order valence-electron chi connectivity index (χ1n) is 6.09. The standard InChI is InChI=1S/C14H18N2O/c1-2-3-10-16-13(8-9-15-16)11-12-6-4-5-7-14(12)17/h4-9,17H,2-3,10-11H2,1H3. The summed E-state index contributed by atoms with van der Waals surface area (Å²) < 4.78 is 2.02. The van der Waals surface area contributed by atoms with E-state index in [1.807, 2.05) is 35.1 Å². The maximum absolute atomic E-state index is 9.75. The number of aryl methyl sites for hydroxylation is 1. The Morgan fingerprint density at radius 3 is 2.82 bits per heavy atom. The number of hydrogen-bond donors (Lipinski definition) is 1. The summed E-state index contributed by atoms with van der Waals surface area (Å²) in [5.74, 6) is 0.357. The molecule has 0 aliphatic rings. The van der Waals surface area contributed by atoms with E-state index in [9.17, 15) is 5.11 Å². The van der Waals surface area contributed by atoms with Crippen LogP contribution in [0.4, 0.5) is 0 Å². The van der Waals surface area contributed by atoms with E-state index < -0.39 is 0 Å². The molecule has 0 aliphatic heterocycles. The van der Waals surface area contributed by atoms with Gasteiger partial charge in [0.05, 0.1) is 0 Å². The van der Waals surface area contributed by atoms with Crippen LogP contribution in [0.3, 0.4) is 0 Å². The molecule has 0 bridgehead atoms. The lowest BCUT2D eigenvalue weighted by atomic mass is 10.1. The maximum Gasteiger partial charge on any atom is 0.119 e. The Bertz CT molecular complexity index is 477. The van der Waals surface area contributed by atoms with E-state index in [0.29, 0.717) is 5.75 Å². The van der Waals surface area contributed by atoms with Crippen molar-refractivity contribution in [2.45, 2.75) is 32.7 Å². The monoisotopic (exact) mass is 230 g/mol. The van der Waals surface area contributed by atoms with Crippen LogP contribution in [0.5, 0.6) is 5.75 Å². The summed E-state index contributed by atoms with van der Waals surface area (Å²) in [4.78, 5) is 0. The van der Waals surface area contributed by atoms with Gasteiger partial charge in [-0.05, 0) is 24.1 Å². The summed E-state index contributed by atoms with van der Waals surface area (Å²) in [5.41, 5.74) is 2.10. The van der Waals surface area contributed by atoms with Gasteiger partial charge in [0.25, 0.3) is 0 Å². The molecule has 0 fully saturated rings. The first-order chi connectivity index (χ1) is 8.31. The fourth-order valence-electron chi connectivity index (χ4n) is 1.87. The Morgan fingerprint density at radius 1 is 1.24 bits per heavy atom. The molecule has 1 N–H and O–H groups in total. The first kappa shape index (κ1) is 11.7. The average Bonchev–Trinajstić information content (AvgIpc) is 2.77. The highest BCUT2D eigenvalue weighted by molar-refractivity contribution is 5.34. The van der Waals surface area contributed by atoms with Crippen LogP contribution >= 0.6 is 0 Å². The SMILES string of the molecule is CCCCn1nccc1Cc1ccccc1O. The molecule has 0 aliphatic carbocycles. The molecule has 0 amide bonds. The van der Waals surface area contributed by atoms with Crippen LogP contribution in [-0.2, 0) is 13.0 Å². The minimum absolute atomic E-state index is 0.357. The minimum atomic E-state index is 0.357. The van der Waals surface area contributed by atoms with Gasteiger partial charge in [0.15, 0.2) is 0 Å². The molecular formula is C14H18N2O. The second kappa shape index (κ2) is 5.53. The van der Waals surface area contributed by atoms with E-state index in [1.165, 1.54) is 0 Å². The summed E-state index contributed by atoms with van der Waals surface area (Å²) in [6, 6.07) is 9.48. The number of nitrogens with zero attached hydrogens (tertiary/aromatic N) is 2. The number of phenolic OH excluding ortho intramolecular Hbond substituents is 1. The van der Waals surface area contributed by atoms with Gasteiger partial charge in [-0.3, -0.25) is 4.68 Å². The van der Waals surface area contributed by atoms with Crippen molar-refractivity contribution in [1.82, 2.24) is 9.78 Å². The average molecular weight is 230 g/mol. The van der Waals surface area contributed by atoms with Gasteiger partial charge in [0.2, 0.25) is 0 Å². The molecule has 2 rings (SSSR count). The third-order valence-corrected chi connectivity index (χ3v) is 2.89. The number of rotatable bonds is 5. The molecule has 0 atom stereocenters. The number of hydrogen-bond acceptors (Lipinski definition) is 2. The van der Waals surface area contributed by atoms with Gasteiger partial charge in [-0.2, -0.15) is 5.10 Å². The van der Waals surface area contributed by atoms with Crippen molar-refractivity contribution in [2.75, 3.05) is 0 Å². The number of aromatic hydroxyl groups is 1. The maximum atomic E-state index is 9.75. The van der Waals surface area contributed by atoms with Crippen LogP contribution in [0.1, 0.15) is 31.0 Å². The third-order valence-electron chi connectivity index (χ3n) is 2.89. The van der Waals surface area contributed by atoms with Crippen LogP contribution in [-0.4, -0.2) is 14.9 Å². The molecule has 0 saturated carbocycles. The molecule has 0 saturated heterocycles. The highest BCUT2D eigenvalue weighted by Crippen LogP contribution is 2.19. The number of para-hydroxylation sites is 1. The van der Waals surface area contributed by atoms with Gasteiger partial charge in [-0.1, -0.05) is 31.5 Å². The summed E-state index contributed by atoms with van der Waals surface area (Å²) in [6.45, 7) is 3.12. The Kier molecular flexibility index (Phi) is 3.81. The Morgan fingerprint density at radius 2 is 2.06 bits per heavy atom. The molecule has 17 heavy (non-hydrogen) atoms. The number of unbranched alkanes of at least 4 members (excludes halogenated alkanes) is 1. The highest BCUT2D eigenvalue weighted by atomic mass is 16.3. The zero-order chi connectivity index (χ0) is 12.1. The van der Waals surface area contributed by atoms with Crippen molar-refractivity contribution in [1.29, 1.82) is 0 Å². The van der Waals surface area contributed by atoms with Crippen molar-refractivity contribution in [3.8, 4) is 5.75 Å². The third kappa shape index (κ3) is 2.87. The Balaban J connectivity index is 2.13. The first-order valence-corrected chi connectivity index (χ1v) is 6.09. The van der Waals surface area contributed by atoms with Crippen LogP contribution in [0.15, 0.2) is 36.5 Å². The molecule has 1 aromatic carbocycles. The van der Waals surface area contributed by atoms with Crippen LogP contribution in [0, 0.1) is 0 Å². The molecule has 2 aromatic rings. The molecular weight excluding hydrogens is 212 g/mol. The molecule has 0 unspecified atom stereocenters. The summed E-state index contributed by atoms with van der Waals surface area (Å²) in [6.07, 6.45) is 4.85. The highest BCUT2D eigenvalue weighted by Gasteiger charge is 2.06. The van der Waals surface area contributed by atoms with Crippen molar-refractivity contribution in [3.63, 3.8) is 0 Å². The molecule has 0 spiro atoms. The normalized spacial score (nSPS) is 10.6. The predicted octanol–water partition coefficient (Wildman–Crippen LogP) is 2.98. The van der Waals surface area contributed by atoms with Gasteiger partial charge in [-0.15, -0.1) is 0 Å². The van der Waals surface area contributed by atoms with E-state index in [4.69, 9.17) is 0 Å². The molecule has 1 heterocycles. The Hall–Kier alpha value is -1.77. The van der Waals surface area contributed by atoms with Crippen molar-refractivity contribution < 1.29 is 5.11 Å². The quantitative estimate of drug-likeness (QED) is 0.857. The minimum Gasteiger partial charge on any atom is -0.508 e. The van der Waals surface area contributed by atoms with Gasteiger partial charge >= 0.3 is 0 Å².